The van der Waals surface area contributed by atoms with Gasteiger partial charge in [-0.15, -0.1) is 0 Å². The van der Waals surface area contributed by atoms with Gasteiger partial charge in [0.25, 0.3) is 0 Å². The Morgan fingerprint density at radius 1 is 1.24 bits per heavy atom. The minimum atomic E-state index is -0.100. The van der Waals surface area contributed by atoms with Crippen molar-refractivity contribution in [3.8, 4) is 0 Å². The summed E-state index contributed by atoms with van der Waals surface area (Å²) in [5, 5.41) is 3.44. The SMILES string of the molecule is CCC1(CNCc2ccccc2F)CCCC1. The minimum absolute atomic E-state index is 0.100. The maximum atomic E-state index is 13.4. The fourth-order valence-corrected chi connectivity index (χ4v) is 2.88. The van der Waals surface area contributed by atoms with Crippen molar-refractivity contribution in [1.82, 2.24) is 5.32 Å². The van der Waals surface area contributed by atoms with Gasteiger partial charge in [-0.1, -0.05) is 38.0 Å². The summed E-state index contributed by atoms with van der Waals surface area (Å²) >= 11 is 0. The number of rotatable bonds is 5. The topological polar surface area (TPSA) is 12.0 Å². The van der Waals surface area contributed by atoms with Gasteiger partial charge in [0.05, 0.1) is 0 Å². The van der Waals surface area contributed by atoms with Crippen molar-refractivity contribution in [2.45, 2.75) is 45.6 Å². The van der Waals surface area contributed by atoms with Crippen LogP contribution in [-0.2, 0) is 6.54 Å². The molecular formula is C15H22FN. The molecule has 1 aromatic rings. The monoisotopic (exact) mass is 235 g/mol. The van der Waals surface area contributed by atoms with E-state index in [9.17, 15) is 4.39 Å². The third-order valence-corrected chi connectivity index (χ3v) is 4.19. The quantitative estimate of drug-likeness (QED) is 0.816. The Bertz CT molecular complexity index is 356. The first-order chi connectivity index (χ1) is 8.26. The van der Waals surface area contributed by atoms with Crippen molar-refractivity contribution in [3.63, 3.8) is 0 Å². The number of hydrogen-bond acceptors (Lipinski definition) is 1. The average Bonchev–Trinajstić information content (AvgIpc) is 2.81. The summed E-state index contributed by atoms with van der Waals surface area (Å²) in [4.78, 5) is 0. The van der Waals surface area contributed by atoms with Gasteiger partial charge < -0.3 is 5.32 Å². The van der Waals surface area contributed by atoms with Gasteiger partial charge in [-0.05, 0) is 30.7 Å². The van der Waals surface area contributed by atoms with Gasteiger partial charge in [-0.3, -0.25) is 0 Å². The Hall–Kier alpha value is -0.890. The lowest BCUT2D eigenvalue weighted by Gasteiger charge is -2.27. The summed E-state index contributed by atoms with van der Waals surface area (Å²) in [6, 6.07) is 7.02. The van der Waals surface area contributed by atoms with E-state index in [0.29, 0.717) is 12.0 Å². The van der Waals surface area contributed by atoms with Gasteiger partial charge in [-0.25, -0.2) is 4.39 Å². The zero-order chi connectivity index (χ0) is 12.1. The van der Waals surface area contributed by atoms with Crippen molar-refractivity contribution in [2.24, 2.45) is 5.41 Å². The number of benzene rings is 1. The van der Waals surface area contributed by atoms with Crippen molar-refractivity contribution in [1.29, 1.82) is 0 Å². The Balaban J connectivity index is 1.85. The number of nitrogens with one attached hydrogen (secondary N) is 1. The van der Waals surface area contributed by atoms with Crippen LogP contribution in [0.1, 0.15) is 44.6 Å². The second-order valence-corrected chi connectivity index (χ2v) is 5.26. The summed E-state index contributed by atoms with van der Waals surface area (Å²) in [6.07, 6.45) is 6.60. The van der Waals surface area contributed by atoms with E-state index < -0.39 is 0 Å². The largest absolute Gasteiger partial charge is 0.312 e. The molecule has 0 unspecified atom stereocenters. The Morgan fingerprint density at radius 2 is 1.94 bits per heavy atom. The fourth-order valence-electron chi connectivity index (χ4n) is 2.88. The summed E-state index contributed by atoms with van der Waals surface area (Å²) in [7, 11) is 0. The smallest absolute Gasteiger partial charge is 0.127 e. The molecule has 0 heterocycles. The molecular weight excluding hydrogens is 213 g/mol. The highest BCUT2D eigenvalue weighted by Gasteiger charge is 2.31. The molecule has 1 aliphatic carbocycles. The van der Waals surface area contributed by atoms with Gasteiger partial charge in [0.2, 0.25) is 0 Å². The molecule has 0 spiro atoms. The molecule has 0 amide bonds. The molecule has 94 valence electrons. The summed E-state index contributed by atoms with van der Waals surface area (Å²) in [5.41, 5.74) is 1.25. The maximum absolute atomic E-state index is 13.4. The Labute approximate surface area is 103 Å². The standard InChI is InChI=1S/C15H22FN/c1-2-15(9-5-6-10-15)12-17-11-13-7-3-4-8-14(13)16/h3-4,7-8,17H,2,5-6,9-12H2,1H3. The molecule has 1 saturated carbocycles. The van der Waals surface area contributed by atoms with Crippen LogP contribution in [0.3, 0.4) is 0 Å². The van der Waals surface area contributed by atoms with Crippen LogP contribution in [0.2, 0.25) is 0 Å². The van der Waals surface area contributed by atoms with Gasteiger partial charge in [0.15, 0.2) is 0 Å². The van der Waals surface area contributed by atoms with Crippen molar-refractivity contribution in [3.05, 3.63) is 35.6 Å². The van der Waals surface area contributed by atoms with Gasteiger partial charge in [0.1, 0.15) is 5.82 Å². The second kappa shape index (κ2) is 5.63. The number of hydrogen-bond donors (Lipinski definition) is 1. The van der Waals surface area contributed by atoms with Crippen molar-refractivity contribution < 1.29 is 4.39 Å². The van der Waals surface area contributed by atoms with Crippen molar-refractivity contribution >= 4 is 0 Å². The van der Waals surface area contributed by atoms with E-state index in [4.69, 9.17) is 0 Å². The zero-order valence-corrected chi connectivity index (χ0v) is 10.6. The second-order valence-electron chi connectivity index (χ2n) is 5.26. The molecule has 1 fully saturated rings. The first kappa shape index (κ1) is 12.6. The van der Waals surface area contributed by atoms with Crippen LogP contribution in [0, 0.1) is 11.2 Å². The highest BCUT2D eigenvalue weighted by Crippen LogP contribution is 2.40. The predicted molar refractivity (Wildman–Crippen MR) is 69.3 cm³/mol. The van der Waals surface area contributed by atoms with E-state index in [1.54, 1.807) is 6.07 Å². The van der Waals surface area contributed by atoms with E-state index in [2.05, 4.69) is 12.2 Å². The number of halogens is 1. The van der Waals surface area contributed by atoms with Crippen LogP contribution in [0.15, 0.2) is 24.3 Å². The van der Waals surface area contributed by atoms with Crippen molar-refractivity contribution in [2.75, 3.05) is 6.54 Å². The van der Waals surface area contributed by atoms with E-state index in [1.807, 2.05) is 12.1 Å². The van der Waals surface area contributed by atoms with Crippen LogP contribution < -0.4 is 5.32 Å². The lowest BCUT2D eigenvalue weighted by molar-refractivity contribution is 0.267. The molecule has 17 heavy (non-hydrogen) atoms. The van der Waals surface area contributed by atoms with Crippen LogP contribution in [0.25, 0.3) is 0 Å². The predicted octanol–water partition coefficient (Wildman–Crippen LogP) is 3.89. The molecule has 0 saturated heterocycles. The molecule has 0 bridgehead atoms. The van der Waals surface area contributed by atoms with Gasteiger partial charge >= 0.3 is 0 Å². The fraction of sp³-hybridized carbons (Fsp3) is 0.600. The molecule has 0 aliphatic heterocycles. The Morgan fingerprint density at radius 3 is 2.59 bits per heavy atom. The van der Waals surface area contributed by atoms with E-state index in [0.717, 1.165) is 12.1 Å². The third kappa shape index (κ3) is 3.06. The molecule has 0 radical (unpaired) electrons. The van der Waals surface area contributed by atoms with E-state index >= 15 is 0 Å². The molecule has 1 N–H and O–H groups in total. The van der Waals surface area contributed by atoms with E-state index in [-0.39, 0.29) is 5.82 Å². The molecule has 1 aliphatic rings. The zero-order valence-electron chi connectivity index (χ0n) is 10.6. The lowest BCUT2D eigenvalue weighted by atomic mass is 9.83. The molecule has 0 atom stereocenters. The van der Waals surface area contributed by atoms with Gasteiger partial charge in [0, 0.05) is 18.7 Å². The van der Waals surface area contributed by atoms with Crippen LogP contribution in [-0.4, -0.2) is 6.54 Å². The van der Waals surface area contributed by atoms with Crippen LogP contribution in [0.4, 0.5) is 4.39 Å². The molecule has 2 rings (SSSR count). The Kier molecular flexibility index (Phi) is 4.16. The molecule has 1 aromatic carbocycles. The first-order valence-corrected chi connectivity index (χ1v) is 6.70. The highest BCUT2D eigenvalue weighted by molar-refractivity contribution is 5.16. The molecule has 2 heteroatoms. The van der Waals surface area contributed by atoms with Gasteiger partial charge in [-0.2, -0.15) is 0 Å². The minimum Gasteiger partial charge on any atom is -0.312 e. The average molecular weight is 235 g/mol. The normalized spacial score (nSPS) is 18.5. The molecule has 1 nitrogen and oxygen atoms in total. The summed E-state index contributed by atoms with van der Waals surface area (Å²) < 4.78 is 13.4. The molecule has 0 aromatic heterocycles. The van der Waals surface area contributed by atoms with E-state index in [1.165, 1.54) is 38.2 Å². The highest BCUT2D eigenvalue weighted by atomic mass is 19.1. The van der Waals surface area contributed by atoms with Crippen LogP contribution in [0.5, 0.6) is 0 Å². The lowest BCUT2D eigenvalue weighted by Crippen LogP contribution is -2.31. The third-order valence-electron chi connectivity index (χ3n) is 4.19. The summed E-state index contributed by atoms with van der Waals surface area (Å²) in [6.45, 7) is 3.95. The maximum Gasteiger partial charge on any atom is 0.127 e. The van der Waals surface area contributed by atoms with Crippen LogP contribution >= 0.6 is 0 Å². The first-order valence-electron chi connectivity index (χ1n) is 6.70. The summed E-state index contributed by atoms with van der Waals surface area (Å²) in [5.74, 6) is -0.100.